The average molecular weight is 355 g/mol. The number of benzene rings is 2. The molecule has 0 atom stereocenters. The number of anilines is 2. The monoisotopic (exact) mass is 354 g/mol. The van der Waals surface area contributed by atoms with Crippen molar-refractivity contribution in [2.45, 2.75) is 4.90 Å². The Labute approximate surface area is 127 Å². The smallest absolute Gasteiger partial charge is 0.261 e. The first-order valence-corrected chi connectivity index (χ1v) is 8.22. The van der Waals surface area contributed by atoms with Gasteiger partial charge in [-0.25, -0.2) is 8.42 Å². The highest BCUT2D eigenvalue weighted by molar-refractivity contribution is 9.10. The van der Waals surface area contributed by atoms with Crippen molar-refractivity contribution < 1.29 is 8.42 Å². The molecule has 0 aliphatic rings. The fourth-order valence-electron chi connectivity index (χ4n) is 1.68. The molecule has 4 nitrogen and oxygen atoms in total. The van der Waals surface area contributed by atoms with Crippen LogP contribution in [0.2, 0.25) is 0 Å². The molecule has 0 spiro atoms. The molecule has 0 aliphatic heterocycles. The molecule has 6 heteroatoms. The van der Waals surface area contributed by atoms with E-state index in [1.165, 1.54) is 0 Å². The minimum Gasteiger partial charge on any atom is -0.378 e. The zero-order valence-corrected chi connectivity index (χ0v) is 13.6. The molecule has 0 bridgehead atoms. The van der Waals surface area contributed by atoms with Crippen LogP contribution >= 0.6 is 15.9 Å². The molecule has 2 aromatic carbocycles. The molecule has 2 aromatic rings. The third-order valence-electron chi connectivity index (χ3n) is 2.74. The Morgan fingerprint density at radius 3 is 2.25 bits per heavy atom. The van der Waals surface area contributed by atoms with Gasteiger partial charge in [0.05, 0.1) is 4.90 Å². The van der Waals surface area contributed by atoms with E-state index >= 15 is 0 Å². The summed E-state index contributed by atoms with van der Waals surface area (Å²) in [6.45, 7) is 0. The van der Waals surface area contributed by atoms with Gasteiger partial charge in [-0.3, -0.25) is 4.72 Å². The Bertz CT molecular complexity index is 697. The topological polar surface area (TPSA) is 49.4 Å². The van der Waals surface area contributed by atoms with Gasteiger partial charge >= 0.3 is 0 Å². The lowest BCUT2D eigenvalue weighted by atomic mass is 10.3. The largest absolute Gasteiger partial charge is 0.378 e. The summed E-state index contributed by atoms with van der Waals surface area (Å²) in [5.41, 5.74) is 1.55. The highest BCUT2D eigenvalue weighted by atomic mass is 79.9. The third kappa shape index (κ3) is 3.52. The molecule has 0 saturated carbocycles. The van der Waals surface area contributed by atoms with Gasteiger partial charge in [0, 0.05) is 29.9 Å². The van der Waals surface area contributed by atoms with Crippen LogP contribution in [-0.2, 0) is 10.0 Å². The summed E-state index contributed by atoms with van der Waals surface area (Å²) in [7, 11) is 0.300. The van der Waals surface area contributed by atoms with E-state index in [0.717, 1.165) is 10.2 Å². The lowest BCUT2D eigenvalue weighted by molar-refractivity contribution is 0.601. The molecule has 0 fully saturated rings. The molecule has 2 rings (SSSR count). The van der Waals surface area contributed by atoms with Crippen molar-refractivity contribution in [3.05, 3.63) is 53.0 Å². The normalized spacial score (nSPS) is 11.2. The molecular weight excluding hydrogens is 340 g/mol. The van der Waals surface area contributed by atoms with Crippen LogP contribution in [0, 0.1) is 0 Å². The Balaban J connectivity index is 2.24. The maximum atomic E-state index is 12.2. The summed E-state index contributed by atoms with van der Waals surface area (Å²) >= 11 is 3.27. The summed E-state index contributed by atoms with van der Waals surface area (Å²) in [6, 6.07) is 13.8. The molecule has 106 valence electrons. The van der Waals surface area contributed by atoms with Gasteiger partial charge in [0.2, 0.25) is 0 Å². The molecule has 0 aliphatic carbocycles. The van der Waals surface area contributed by atoms with E-state index in [9.17, 15) is 8.42 Å². The standard InChI is InChI=1S/C14H15BrN2O2S/c1-17(2)13-8-6-12(7-9-13)16-20(18,19)14-5-3-4-11(15)10-14/h3-10,16H,1-2H3. The van der Waals surface area contributed by atoms with Gasteiger partial charge in [0.15, 0.2) is 0 Å². The van der Waals surface area contributed by atoms with Gasteiger partial charge in [0.1, 0.15) is 0 Å². The SMILES string of the molecule is CN(C)c1ccc(NS(=O)(=O)c2cccc(Br)c2)cc1. The first kappa shape index (κ1) is 14.9. The molecular formula is C14H15BrN2O2S. The summed E-state index contributed by atoms with van der Waals surface area (Å²) in [5.74, 6) is 0. The fraction of sp³-hybridized carbons (Fsp3) is 0.143. The molecule has 0 radical (unpaired) electrons. The Morgan fingerprint density at radius 2 is 1.70 bits per heavy atom. The Hall–Kier alpha value is -1.53. The number of hydrogen-bond acceptors (Lipinski definition) is 3. The van der Waals surface area contributed by atoms with Crippen molar-refractivity contribution in [1.82, 2.24) is 0 Å². The second kappa shape index (κ2) is 5.85. The van der Waals surface area contributed by atoms with E-state index in [1.54, 1.807) is 36.4 Å². The van der Waals surface area contributed by atoms with Gasteiger partial charge in [-0.15, -0.1) is 0 Å². The number of nitrogens with zero attached hydrogens (tertiary/aromatic N) is 1. The van der Waals surface area contributed by atoms with Crippen LogP contribution in [0.1, 0.15) is 0 Å². The van der Waals surface area contributed by atoms with Crippen LogP contribution in [0.4, 0.5) is 11.4 Å². The third-order valence-corrected chi connectivity index (χ3v) is 4.61. The molecule has 0 heterocycles. The zero-order chi connectivity index (χ0) is 14.8. The predicted molar refractivity (Wildman–Crippen MR) is 85.7 cm³/mol. The maximum Gasteiger partial charge on any atom is 0.261 e. The van der Waals surface area contributed by atoms with E-state index in [4.69, 9.17) is 0 Å². The first-order chi connectivity index (χ1) is 9.38. The van der Waals surface area contributed by atoms with Crippen molar-refractivity contribution in [2.24, 2.45) is 0 Å². The summed E-state index contributed by atoms with van der Waals surface area (Å²) < 4.78 is 27.7. The number of hydrogen-bond donors (Lipinski definition) is 1. The van der Waals surface area contributed by atoms with E-state index in [2.05, 4.69) is 20.7 Å². The van der Waals surface area contributed by atoms with Gasteiger partial charge in [-0.2, -0.15) is 0 Å². The lowest BCUT2D eigenvalue weighted by Gasteiger charge is -2.13. The maximum absolute atomic E-state index is 12.2. The predicted octanol–water partition coefficient (Wildman–Crippen LogP) is 3.32. The van der Waals surface area contributed by atoms with Gasteiger partial charge in [-0.05, 0) is 42.5 Å². The fourth-order valence-corrected chi connectivity index (χ4v) is 3.33. The van der Waals surface area contributed by atoms with Crippen LogP contribution < -0.4 is 9.62 Å². The highest BCUT2D eigenvalue weighted by Crippen LogP contribution is 2.21. The van der Waals surface area contributed by atoms with Crippen LogP contribution in [0.5, 0.6) is 0 Å². The zero-order valence-electron chi connectivity index (χ0n) is 11.2. The second-order valence-corrected chi connectivity index (χ2v) is 7.10. The highest BCUT2D eigenvalue weighted by Gasteiger charge is 2.14. The van der Waals surface area contributed by atoms with Gasteiger partial charge < -0.3 is 4.90 Å². The van der Waals surface area contributed by atoms with Crippen LogP contribution in [0.3, 0.4) is 0 Å². The van der Waals surface area contributed by atoms with Crippen LogP contribution in [-0.4, -0.2) is 22.5 Å². The lowest BCUT2D eigenvalue weighted by Crippen LogP contribution is -2.13. The van der Waals surface area contributed by atoms with Crippen molar-refractivity contribution in [3.8, 4) is 0 Å². The number of sulfonamides is 1. The minimum atomic E-state index is -3.56. The van der Waals surface area contributed by atoms with Gasteiger partial charge in [0.25, 0.3) is 10.0 Å². The molecule has 1 N–H and O–H groups in total. The van der Waals surface area contributed by atoms with E-state index < -0.39 is 10.0 Å². The number of rotatable bonds is 4. The van der Waals surface area contributed by atoms with Crippen molar-refractivity contribution in [1.29, 1.82) is 0 Å². The van der Waals surface area contributed by atoms with Gasteiger partial charge in [-0.1, -0.05) is 22.0 Å². The van der Waals surface area contributed by atoms with E-state index in [1.807, 2.05) is 31.1 Å². The first-order valence-electron chi connectivity index (χ1n) is 5.94. The Kier molecular flexibility index (Phi) is 4.35. The van der Waals surface area contributed by atoms with E-state index in [-0.39, 0.29) is 4.90 Å². The van der Waals surface area contributed by atoms with Crippen LogP contribution in [0.25, 0.3) is 0 Å². The Morgan fingerprint density at radius 1 is 1.05 bits per heavy atom. The molecule has 0 unspecified atom stereocenters. The number of nitrogens with one attached hydrogen (secondary N) is 1. The summed E-state index contributed by atoms with van der Waals surface area (Å²) in [6.07, 6.45) is 0. The molecule has 0 saturated heterocycles. The molecule has 20 heavy (non-hydrogen) atoms. The minimum absolute atomic E-state index is 0.226. The summed E-state index contributed by atoms with van der Waals surface area (Å²) in [4.78, 5) is 2.18. The summed E-state index contributed by atoms with van der Waals surface area (Å²) in [5, 5.41) is 0. The van der Waals surface area contributed by atoms with E-state index in [0.29, 0.717) is 5.69 Å². The quantitative estimate of drug-likeness (QED) is 0.916. The van der Waals surface area contributed by atoms with Crippen molar-refractivity contribution >= 4 is 37.3 Å². The average Bonchev–Trinajstić information content (AvgIpc) is 2.39. The molecule has 0 amide bonds. The number of halogens is 1. The van der Waals surface area contributed by atoms with Crippen molar-refractivity contribution in [2.75, 3.05) is 23.7 Å². The second-order valence-electron chi connectivity index (χ2n) is 4.50. The van der Waals surface area contributed by atoms with Crippen LogP contribution in [0.15, 0.2) is 57.9 Å². The van der Waals surface area contributed by atoms with Crippen molar-refractivity contribution in [3.63, 3.8) is 0 Å². The molecule has 0 aromatic heterocycles.